The van der Waals surface area contributed by atoms with Crippen LogP contribution in [0.1, 0.15) is 31.0 Å². The molecule has 1 atom stereocenters. The van der Waals surface area contributed by atoms with Crippen molar-refractivity contribution in [1.29, 1.82) is 0 Å². The van der Waals surface area contributed by atoms with Crippen LogP contribution in [0.3, 0.4) is 0 Å². The molecular formula is C22H28FN3O. The highest BCUT2D eigenvalue weighted by atomic mass is 19.1. The molecule has 1 fully saturated rings. The Morgan fingerprint density at radius 2 is 1.78 bits per heavy atom. The molecular weight excluding hydrogens is 341 g/mol. The molecule has 1 N–H and O–H groups in total. The van der Waals surface area contributed by atoms with Gasteiger partial charge < -0.3 is 15.1 Å². The molecule has 1 aliphatic heterocycles. The summed E-state index contributed by atoms with van der Waals surface area (Å²) in [5.74, 6) is -0.237. The Morgan fingerprint density at radius 3 is 2.48 bits per heavy atom. The summed E-state index contributed by atoms with van der Waals surface area (Å²) in [7, 11) is 2.08. The van der Waals surface area contributed by atoms with Crippen molar-refractivity contribution in [1.82, 2.24) is 15.1 Å². The van der Waals surface area contributed by atoms with Crippen molar-refractivity contribution >= 4 is 6.03 Å². The molecule has 0 spiro atoms. The van der Waals surface area contributed by atoms with E-state index in [2.05, 4.69) is 29.4 Å². The topological polar surface area (TPSA) is 35.6 Å². The molecule has 0 saturated carbocycles. The number of hydrogen-bond acceptors (Lipinski definition) is 2. The number of amides is 2. The molecule has 144 valence electrons. The number of carbonyl (C=O) groups is 1. The predicted molar refractivity (Wildman–Crippen MR) is 106 cm³/mol. The number of rotatable bonds is 4. The molecule has 0 radical (unpaired) electrons. The lowest BCUT2D eigenvalue weighted by molar-refractivity contribution is 0.108. The minimum Gasteiger partial charge on any atom is -0.337 e. The summed E-state index contributed by atoms with van der Waals surface area (Å²) >= 11 is 0. The van der Waals surface area contributed by atoms with Crippen LogP contribution in [0.25, 0.3) is 0 Å². The first-order chi connectivity index (χ1) is 12.9. The first-order valence-corrected chi connectivity index (χ1v) is 9.41. The highest BCUT2D eigenvalue weighted by Gasteiger charge is 2.31. The lowest BCUT2D eigenvalue weighted by atomic mass is 9.84. The van der Waals surface area contributed by atoms with Crippen molar-refractivity contribution in [2.45, 2.75) is 25.3 Å². The summed E-state index contributed by atoms with van der Waals surface area (Å²) in [5, 5.41) is 3.03. The van der Waals surface area contributed by atoms with Crippen molar-refractivity contribution in [2.75, 3.05) is 33.2 Å². The van der Waals surface area contributed by atoms with Gasteiger partial charge in [-0.2, -0.15) is 0 Å². The lowest BCUT2D eigenvalue weighted by Gasteiger charge is -2.40. The number of halogens is 1. The highest BCUT2D eigenvalue weighted by molar-refractivity contribution is 5.75. The molecule has 2 amide bonds. The fraction of sp³-hybridized carbons (Fsp3) is 0.409. The first-order valence-electron chi connectivity index (χ1n) is 9.41. The normalized spacial score (nSPS) is 18.4. The zero-order valence-corrected chi connectivity index (χ0v) is 16.3. The summed E-state index contributed by atoms with van der Waals surface area (Å²) in [5.41, 5.74) is 1.26. The van der Waals surface area contributed by atoms with E-state index in [1.807, 2.05) is 43.0 Å². The Bertz CT molecular complexity index is 778. The summed E-state index contributed by atoms with van der Waals surface area (Å²) in [4.78, 5) is 17.1. The second-order valence-corrected chi connectivity index (χ2v) is 7.90. The maximum Gasteiger partial charge on any atom is 0.318 e. The van der Waals surface area contributed by atoms with Crippen LogP contribution < -0.4 is 5.32 Å². The van der Waals surface area contributed by atoms with Crippen molar-refractivity contribution in [3.63, 3.8) is 0 Å². The Hall–Kier alpha value is -2.40. The fourth-order valence-electron chi connectivity index (χ4n) is 3.63. The molecule has 1 unspecified atom stereocenters. The quantitative estimate of drug-likeness (QED) is 0.890. The SMILES string of the molecule is CN1CCN(C(=O)NCC(C)(C)c2ccccc2F)C(c2ccccc2)C1. The number of urea groups is 1. The van der Waals surface area contributed by atoms with Crippen LogP contribution in [0.4, 0.5) is 9.18 Å². The molecule has 1 heterocycles. The van der Waals surface area contributed by atoms with Gasteiger partial charge in [0.25, 0.3) is 0 Å². The maximum atomic E-state index is 14.2. The molecule has 2 aromatic carbocycles. The van der Waals surface area contributed by atoms with Gasteiger partial charge in [-0.25, -0.2) is 9.18 Å². The van der Waals surface area contributed by atoms with Crippen LogP contribution in [0.5, 0.6) is 0 Å². The van der Waals surface area contributed by atoms with Crippen LogP contribution in [0.2, 0.25) is 0 Å². The van der Waals surface area contributed by atoms with E-state index in [1.165, 1.54) is 6.07 Å². The van der Waals surface area contributed by atoms with E-state index in [4.69, 9.17) is 0 Å². The van der Waals surface area contributed by atoms with Gasteiger partial charge in [0, 0.05) is 31.6 Å². The minimum absolute atomic E-state index is 0.0153. The molecule has 3 rings (SSSR count). The molecule has 27 heavy (non-hydrogen) atoms. The largest absolute Gasteiger partial charge is 0.337 e. The fourth-order valence-corrected chi connectivity index (χ4v) is 3.63. The zero-order chi connectivity index (χ0) is 19.4. The molecule has 0 bridgehead atoms. The van der Waals surface area contributed by atoms with Gasteiger partial charge in [0.05, 0.1) is 6.04 Å². The molecule has 2 aromatic rings. The third kappa shape index (κ3) is 4.48. The molecule has 0 aromatic heterocycles. The van der Waals surface area contributed by atoms with Crippen LogP contribution >= 0.6 is 0 Å². The molecule has 1 aliphatic rings. The Kier molecular flexibility index (Phi) is 5.80. The summed E-state index contributed by atoms with van der Waals surface area (Å²) in [6.07, 6.45) is 0. The number of hydrogen-bond donors (Lipinski definition) is 1. The van der Waals surface area contributed by atoms with Crippen molar-refractivity contribution < 1.29 is 9.18 Å². The second kappa shape index (κ2) is 8.09. The minimum atomic E-state index is -0.490. The smallest absolute Gasteiger partial charge is 0.318 e. The van der Waals surface area contributed by atoms with Gasteiger partial charge in [0.2, 0.25) is 0 Å². The van der Waals surface area contributed by atoms with Gasteiger partial charge >= 0.3 is 6.03 Å². The van der Waals surface area contributed by atoms with Gasteiger partial charge in [-0.1, -0.05) is 62.4 Å². The average molecular weight is 369 g/mol. The maximum absolute atomic E-state index is 14.2. The van der Waals surface area contributed by atoms with Crippen LogP contribution in [-0.4, -0.2) is 49.1 Å². The van der Waals surface area contributed by atoms with Crippen molar-refractivity contribution in [3.8, 4) is 0 Å². The standard InChI is InChI=1S/C22H28FN3O/c1-22(2,18-11-7-8-12-19(18)23)16-24-21(27)26-14-13-25(3)15-20(26)17-9-5-4-6-10-17/h4-12,20H,13-16H2,1-3H3,(H,24,27). The van der Waals surface area contributed by atoms with E-state index < -0.39 is 5.41 Å². The lowest BCUT2D eigenvalue weighted by Crippen LogP contribution is -2.53. The number of piperazine rings is 1. The van der Waals surface area contributed by atoms with Gasteiger partial charge in [0.15, 0.2) is 0 Å². The van der Waals surface area contributed by atoms with Crippen LogP contribution in [-0.2, 0) is 5.41 Å². The Balaban J connectivity index is 1.71. The number of nitrogens with zero attached hydrogens (tertiary/aromatic N) is 2. The van der Waals surface area contributed by atoms with Crippen molar-refractivity contribution in [2.24, 2.45) is 0 Å². The van der Waals surface area contributed by atoms with E-state index in [1.54, 1.807) is 12.1 Å². The number of likely N-dealkylation sites (N-methyl/N-ethyl adjacent to an activating group) is 1. The number of nitrogens with one attached hydrogen (secondary N) is 1. The second-order valence-electron chi connectivity index (χ2n) is 7.90. The van der Waals surface area contributed by atoms with Gasteiger partial charge in [0.1, 0.15) is 5.82 Å². The Labute approximate surface area is 161 Å². The van der Waals surface area contributed by atoms with Crippen LogP contribution in [0, 0.1) is 5.82 Å². The first kappa shape index (κ1) is 19.4. The molecule has 1 saturated heterocycles. The van der Waals surface area contributed by atoms with E-state index in [0.717, 1.165) is 18.7 Å². The van der Waals surface area contributed by atoms with E-state index in [9.17, 15) is 9.18 Å². The number of carbonyl (C=O) groups excluding carboxylic acids is 1. The van der Waals surface area contributed by atoms with E-state index in [0.29, 0.717) is 18.7 Å². The third-order valence-electron chi connectivity index (χ3n) is 5.31. The number of benzene rings is 2. The van der Waals surface area contributed by atoms with E-state index in [-0.39, 0.29) is 17.9 Å². The summed E-state index contributed by atoms with van der Waals surface area (Å²) < 4.78 is 14.2. The van der Waals surface area contributed by atoms with Crippen molar-refractivity contribution in [3.05, 3.63) is 71.5 Å². The monoisotopic (exact) mass is 369 g/mol. The predicted octanol–water partition coefficient (Wildman–Crippen LogP) is 3.80. The zero-order valence-electron chi connectivity index (χ0n) is 16.3. The summed E-state index contributed by atoms with van der Waals surface area (Å²) in [6, 6.07) is 16.8. The van der Waals surface area contributed by atoms with Gasteiger partial charge in [-0.3, -0.25) is 0 Å². The highest BCUT2D eigenvalue weighted by Crippen LogP contribution is 2.27. The third-order valence-corrected chi connectivity index (χ3v) is 5.31. The van der Waals surface area contributed by atoms with Gasteiger partial charge in [-0.05, 0) is 24.2 Å². The average Bonchev–Trinajstić information content (AvgIpc) is 2.67. The summed E-state index contributed by atoms with van der Waals surface area (Å²) in [6.45, 7) is 6.58. The molecule has 5 heteroatoms. The van der Waals surface area contributed by atoms with Crippen LogP contribution in [0.15, 0.2) is 54.6 Å². The van der Waals surface area contributed by atoms with Gasteiger partial charge in [-0.15, -0.1) is 0 Å². The Morgan fingerprint density at radius 1 is 1.11 bits per heavy atom. The molecule has 4 nitrogen and oxygen atoms in total. The van der Waals surface area contributed by atoms with E-state index >= 15 is 0 Å². The molecule has 0 aliphatic carbocycles.